The molecule has 0 amide bonds. The van der Waals surface area contributed by atoms with Crippen molar-refractivity contribution < 1.29 is 0 Å². The number of halogens is 1. The maximum atomic E-state index is 5.86. The Morgan fingerprint density at radius 2 is 2.13 bits per heavy atom. The maximum Gasteiger partial charge on any atom is 0.0931 e. The van der Waals surface area contributed by atoms with Gasteiger partial charge in [0.2, 0.25) is 0 Å². The highest BCUT2D eigenvalue weighted by molar-refractivity contribution is 7.16. The first-order valence-electron chi connectivity index (χ1n) is 4.73. The zero-order valence-electron chi connectivity index (χ0n) is 8.42. The van der Waals surface area contributed by atoms with Crippen LogP contribution in [-0.2, 0) is 13.1 Å². The lowest BCUT2D eigenvalue weighted by Gasteiger charge is -2.01. The summed E-state index contributed by atoms with van der Waals surface area (Å²) in [6, 6.07) is 6.17. The Labute approximate surface area is 103 Å². The van der Waals surface area contributed by atoms with E-state index in [0.717, 1.165) is 17.4 Å². The van der Waals surface area contributed by atoms with Crippen molar-refractivity contribution >= 4 is 34.3 Å². The van der Waals surface area contributed by atoms with Crippen molar-refractivity contribution in [1.29, 1.82) is 0 Å². The predicted octanol–water partition coefficient (Wildman–Crippen LogP) is 4.06. The molecule has 2 rings (SSSR count). The van der Waals surface area contributed by atoms with Crippen LogP contribution in [0.3, 0.4) is 0 Å². The smallest absolute Gasteiger partial charge is 0.0931 e. The van der Waals surface area contributed by atoms with Crippen LogP contribution in [0.1, 0.15) is 15.3 Å². The van der Waals surface area contributed by atoms with E-state index in [1.807, 2.05) is 6.07 Å². The molecule has 0 atom stereocenters. The molecule has 0 aromatic carbocycles. The molecule has 0 aliphatic heterocycles. The minimum Gasteiger partial charge on any atom is -0.307 e. The number of rotatable bonds is 4. The SMILES string of the molecule is Cc1ccsc1CNCc1ccc(Cl)s1. The molecule has 0 saturated carbocycles. The van der Waals surface area contributed by atoms with Gasteiger partial charge < -0.3 is 5.32 Å². The van der Waals surface area contributed by atoms with E-state index in [-0.39, 0.29) is 0 Å². The van der Waals surface area contributed by atoms with E-state index in [4.69, 9.17) is 11.6 Å². The third-order valence-electron chi connectivity index (χ3n) is 2.18. The van der Waals surface area contributed by atoms with Crippen LogP contribution in [0.5, 0.6) is 0 Å². The lowest BCUT2D eigenvalue weighted by molar-refractivity contribution is 0.706. The Balaban J connectivity index is 1.83. The average Bonchev–Trinajstić information content (AvgIpc) is 2.77. The number of thiophene rings is 2. The largest absolute Gasteiger partial charge is 0.307 e. The summed E-state index contributed by atoms with van der Waals surface area (Å²) in [5.41, 5.74) is 1.37. The van der Waals surface area contributed by atoms with Crippen LogP contribution in [0.2, 0.25) is 4.34 Å². The topological polar surface area (TPSA) is 12.0 Å². The fourth-order valence-corrected chi connectivity index (χ4v) is 3.26. The maximum absolute atomic E-state index is 5.86. The van der Waals surface area contributed by atoms with E-state index in [1.165, 1.54) is 15.3 Å². The average molecular weight is 258 g/mol. The van der Waals surface area contributed by atoms with E-state index < -0.39 is 0 Å². The molecule has 1 nitrogen and oxygen atoms in total. The molecule has 15 heavy (non-hydrogen) atoms. The van der Waals surface area contributed by atoms with Crippen molar-refractivity contribution in [3.8, 4) is 0 Å². The van der Waals surface area contributed by atoms with Gasteiger partial charge in [0.15, 0.2) is 0 Å². The second kappa shape index (κ2) is 5.12. The molecule has 0 bridgehead atoms. The quantitative estimate of drug-likeness (QED) is 0.871. The van der Waals surface area contributed by atoms with Crippen molar-refractivity contribution in [1.82, 2.24) is 5.32 Å². The molecule has 0 aliphatic carbocycles. The van der Waals surface area contributed by atoms with Crippen LogP contribution in [0.4, 0.5) is 0 Å². The van der Waals surface area contributed by atoms with Crippen molar-refractivity contribution in [2.24, 2.45) is 0 Å². The molecule has 2 aromatic rings. The summed E-state index contributed by atoms with van der Waals surface area (Å²) >= 11 is 9.30. The van der Waals surface area contributed by atoms with Crippen molar-refractivity contribution in [3.63, 3.8) is 0 Å². The Kier molecular flexibility index (Phi) is 3.81. The zero-order chi connectivity index (χ0) is 10.7. The molecule has 0 spiro atoms. The molecule has 0 fully saturated rings. The van der Waals surface area contributed by atoms with E-state index >= 15 is 0 Å². The third kappa shape index (κ3) is 3.05. The minimum atomic E-state index is 0.860. The van der Waals surface area contributed by atoms with Gasteiger partial charge in [0.1, 0.15) is 0 Å². The molecule has 2 heterocycles. The lowest BCUT2D eigenvalue weighted by Crippen LogP contribution is -2.11. The van der Waals surface area contributed by atoms with Crippen molar-refractivity contribution in [2.75, 3.05) is 0 Å². The lowest BCUT2D eigenvalue weighted by atomic mass is 10.3. The van der Waals surface area contributed by atoms with Crippen molar-refractivity contribution in [2.45, 2.75) is 20.0 Å². The van der Waals surface area contributed by atoms with E-state index in [2.05, 4.69) is 29.8 Å². The third-order valence-corrected chi connectivity index (χ3v) is 4.44. The fraction of sp³-hybridized carbons (Fsp3) is 0.273. The zero-order valence-corrected chi connectivity index (χ0v) is 10.8. The van der Waals surface area contributed by atoms with E-state index in [1.54, 1.807) is 22.7 Å². The summed E-state index contributed by atoms with van der Waals surface area (Å²) in [6.07, 6.45) is 0. The highest BCUT2D eigenvalue weighted by atomic mass is 35.5. The number of aryl methyl sites for hydroxylation is 1. The molecule has 0 radical (unpaired) electrons. The molecule has 4 heteroatoms. The van der Waals surface area contributed by atoms with Crippen LogP contribution in [0, 0.1) is 6.92 Å². The fourth-order valence-electron chi connectivity index (χ4n) is 1.33. The Bertz CT molecular complexity index is 433. The summed E-state index contributed by atoms with van der Waals surface area (Å²) in [7, 11) is 0. The van der Waals surface area contributed by atoms with Gasteiger partial charge >= 0.3 is 0 Å². The van der Waals surface area contributed by atoms with Gasteiger partial charge in [0, 0.05) is 22.8 Å². The predicted molar refractivity (Wildman–Crippen MR) is 68.9 cm³/mol. The molecule has 80 valence electrons. The first-order chi connectivity index (χ1) is 7.25. The van der Waals surface area contributed by atoms with Gasteiger partial charge in [-0.05, 0) is 36.1 Å². The summed E-state index contributed by atoms with van der Waals surface area (Å²) in [4.78, 5) is 2.70. The number of hydrogen-bond donors (Lipinski definition) is 1. The van der Waals surface area contributed by atoms with Gasteiger partial charge in [-0.3, -0.25) is 0 Å². The molecule has 0 saturated heterocycles. The summed E-state index contributed by atoms with van der Waals surface area (Å²) in [6.45, 7) is 3.99. The minimum absolute atomic E-state index is 0.860. The molecular weight excluding hydrogens is 246 g/mol. The van der Waals surface area contributed by atoms with Gasteiger partial charge in [-0.2, -0.15) is 0 Å². The molecule has 0 aliphatic rings. The monoisotopic (exact) mass is 257 g/mol. The van der Waals surface area contributed by atoms with Gasteiger partial charge in [-0.25, -0.2) is 0 Å². The second-order valence-corrected chi connectivity index (χ2v) is 6.14. The number of nitrogens with one attached hydrogen (secondary N) is 1. The van der Waals surface area contributed by atoms with Gasteiger partial charge in [0.25, 0.3) is 0 Å². The Morgan fingerprint density at radius 3 is 2.73 bits per heavy atom. The van der Waals surface area contributed by atoms with E-state index in [9.17, 15) is 0 Å². The standard InChI is InChI=1S/C11H12ClNS2/c1-8-4-5-14-10(8)7-13-6-9-2-3-11(12)15-9/h2-5,13H,6-7H2,1H3. The van der Waals surface area contributed by atoms with Crippen molar-refractivity contribution in [3.05, 3.63) is 43.2 Å². The number of hydrogen-bond acceptors (Lipinski definition) is 3. The Morgan fingerprint density at radius 1 is 1.27 bits per heavy atom. The molecule has 1 N–H and O–H groups in total. The molecule has 2 aromatic heterocycles. The van der Waals surface area contributed by atoms with E-state index in [0.29, 0.717) is 0 Å². The van der Waals surface area contributed by atoms with Crippen LogP contribution >= 0.6 is 34.3 Å². The summed E-state index contributed by atoms with van der Waals surface area (Å²) < 4.78 is 0.860. The first kappa shape index (κ1) is 11.1. The van der Waals surface area contributed by atoms with Gasteiger partial charge in [-0.1, -0.05) is 11.6 Å². The Hall–Kier alpha value is -0.350. The van der Waals surface area contributed by atoms with Gasteiger partial charge in [0.05, 0.1) is 4.34 Å². The van der Waals surface area contributed by atoms with Gasteiger partial charge in [-0.15, -0.1) is 22.7 Å². The molecular formula is C11H12ClNS2. The highest BCUT2D eigenvalue weighted by Crippen LogP contribution is 2.21. The van der Waals surface area contributed by atoms with Crippen LogP contribution in [0.25, 0.3) is 0 Å². The first-order valence-corrected chi connectivity index (χ1v) is 6.81. The second-order valence-electron chi connectivity index (χ2n) is 3.34. The summed E-state index contributed by atoms with van der Waals surface area (Å²) in [5.74, 6) is 0. The normalized spacial score (nSPS) is 10.8. The molecule has 0 unspecified atom stereocenters. The van der Waals surface area contributed by atoms with Crippen LogP contribution in [0.15, 0.2) is 23.6 Å². The van der Waals surface area contributed by atoms with Crippen LogP contribution in [-0.4, -0.2) is 0 Å². The van der Waals surface area contributed by atoms with Crippen LogP contribution < -0.4 is 5.32 Å². The highest BCUT2D eigenvalue weighted by Gasteiger charge is 2.00. The summed E-state index contributed by atoms with van der Waals surface area (Å²) in [5, 5.41) is 5.55.